The molecule has 0 spiro atoms. The Morgan fingerprint density at radius 1 is 1.14 bits per heavy atom. The van der Waals surface area contributed by atoms with Crippen LogP contribution in [0, 0.1) is 5.82 Å². The van der Waals surface area contributed by atoms with E-state index in [0.717, 1.165) is 11.4 Å². The van der Waals surface area contributed by atoms with E-state index in [4.69, 9.17) is 0 Å². The van der Waals surface area contributed by atoms with Gasteiger partial charge in [-0.2, -0.15) is 4.99 Å². The van der Waals surface area contributed by atoms with E-state index >= 15 is 0 Å². The normalized spacial score (nSPS) is 18.4. The molecule has 1 aliphatic heterocycles. The summed E-state index contributed by atoms with van der Waals surface area (Å²) in [5, 5.41) is 0. The Hall–Kier alpha value is -1.48. The molecule has 0 atom stereocenters. The predicted octanol–water partition coefficient (Wildman–Crippen LogP) is 2.13. The van der Waals surface area contributed by atoms with Crippen LogP contribution in [0.4, 0.5) is 4.39 Å². The Morgan fingerprint density at radius 2 is 1.79 bits per heavy atom. The van der Waals surface area contributed by atoms with Crippen LogP contribution in [0.3, 0.4) is 0 Å². The molecule has 1 heterocycles. The zero-order chi connectivity index (χ0) is 10.2. The molecule has 0 amide bonds. The van der Waals surface area contributed by atoms with E-state index in [-0.39, 0.29) is 5.82 Å². The van der Waals surface area contributed by atoms with Crippen LogP contribution in [0.2, 0.25) is 0 Å². The van der Waals surface area contributed by atoms with Gasteiger partial charge in [-0.3, -0.25) is 4.48 Å². The highest BCUT2D eigenvalue weighted by Crippen LogP contribution is 2.17. The van der Waals surface area contributed by atoms with Gasteiger partial charge in [0.1, 0.15) is 12.0 Å². The van der Waals surface area contributed by atoms with Crippen molar-refractivity contribution in [2.24, 2.45) is 4.99 Å². The quantitative estimate of drug-likeness (QED) is 0.603. The first-order chi connectivity index (χ1) is 6.59. The predicted molar refractivity (Wildman–Crippen MR) is 54.2 cm³/mol. The van der Waals surface area contributed by atoms with Gasteiger partial charge in [0.25, 0.3) is 0 Å². The van der Waals surface area contributed by atoms with Gasteiger partial charge in [-0.1, -0.05) is 0 Å². The van der Waals surface area contributed by atoms with Crippen LogP contribution in [0.25, 0.3) is 0 Å². The summed E-state index contributed by atoms with van der Waals surface area (Å²) < 4.78 is 13.3. The van der Waals surface area contributed by atoms with Gasteiger partial charge in [0.2, 0.25) is 5.84 Å². The molecule has 2 nitrogen and oxygen atoms in total. The molecule has 3 heteroatoms. The topological polar surface area (TPSA) is 12.4 Å². The highest BCUT2D eigenvalue weighted by atomic mass is 19.1. The summed E-state index contributed by atoms with van der Waals surface area (Å²) in [5.74, 6) is 0.718. The number of hydrogen-bond donors (Lipinski definition) is 0. The number of halogens is 1. The second kappa shape index (κ2) is 3.03. The lowest BCUT2D eigenvalue weighted by atomic mass is 10.2. The standard InChI is InChI=1S/C11H12FN2/c1-14(2)8-7-13-11(14)9-3-5-10(12)6-4-9/h3-8H,1-2H3/q+1. The molecule has 2 rings (SSSR count). The van der Waals surface area contributed by atoms with E-state index in [2.05, 4.69) is 4.99 Å². The highest BCUT2D eigenvalue weighted by molar-refractivity contribution is 5.95. The maximum atomic E-state index is 12.7. The van der Waals surface area contributed by atoms with Gasteiger partial charge in [-0.25, -0.2) is 4.39 Å². The average Bonchev–Trinajstić information content (AvgIpc) is 2.47. The van der Waals surface area contributed by atoms with Crippen molar-refractivity contribution in [3.63, 3.8) is 0 Å². The molecule has 0 aliphatic carbocycles. The van der Waals surface area contributed by atoms with Crippen LogP contribution < -0.4 is 0 Å². The van der Waals surface area contributed by atoms with Crippen LogP contribution in [0.1, 0.15) is 5.56 Å². The monoisotopic (exact) mass is 191 g/mol. The molecule has 0 aromatic heterocycles. The largest absolute Gasteiger partial charge is 0.252 e. The fourth-order valence-corrected chi connectivity index (χ4v) is 1.50. The fraction of sp³-hybridized carbons (Fsp3) is 0.182. The number of hydrogen-bond acceptors (Lipinski definition) is 1. The van der Waals surface area contributed by atoms with Gasteiger partial charge >= 0.3 is 0 Å². The van der Waals surface area contributed by atoms with Crippen LogP contribution in [-0.4, -0.2) is 24.4 Å². The number of benzene rings is 1. The number of quaternary nitrogens is 1. The second-order valence-corrected chi connectivity index (χ2v) is 3.80. The van der Waals surface area contributed by atoms with E-state index < -0.39 is 0 Å². The number of amidine groups is 1. The smallest absolute Gasteiger partial charge is 0.239 e. The summed E-state index contributed by atoms with van der Waals surface area (Å²) in [6, 6.07) is 6.41. The zero-order valence-electron chi connectivity index (χ0n) is 8.24. The summed E-state index contributed by atoms with van der Waals surface area (Å²) in [7, 11) is 4.07. The van der Waals surface area contributed by atoms with Crippen molar-refractivity contribution in [3.8, 4) is 0 Å². The van der Waals surface area contributed by atoms with E-state index in [1.807, 2.05) is 20.3 Å². The first-order valence-electron chi connectivity index (χ1n) is 4.45. The molecule has 0 fully saturated rings. The van der Waals surface area contributed by atoms with Crippen molar-refractivity contribution in [3.05, 3.63) is 48.0 Å². The molecular weight excluding hydrogens is 179 g/mol. The van der Waals surface area contributed by atoms with Crippen molar-refractivity contribution < 1.29 is 8.87 Å². The molecular formula is C11H12FN2+. The van der Waals surface area contributed by atoms with Gasteiger partial charge in [0.05, 0.1) is 25.9 Å². The maximum absolute atomic E-state index is 12.7. The molecule has 1 aromatic rings. The van der Waals surface area contributed by atoms with Gasteiger partial charge in [-0.15, -0.1) is 0 Å². The van der Waals surface area contributed by atoms with Crippen molar-refractivity contribution in [1.29, 1.82) is 0 Å². The van der Waals surface area contributed by atoms with Crippen molar-refractivity contribution in [2.45, 2.75) is 0 Å². The molecule has 0 bridgehead atoms. The van der Waals surface area contributed by atoms with Crippen molar-refractivity contribution >= 4 is 5.84 Å². The number of rotatable bonds is 1. The lowest BCUT2D eigenvalue weighted by Crippen LogP contribution is -2.38. The molecule has 1 aromatic carbocycles. The minimum Gasteiger partial charge on any atom is -0.252 e. The van der Waals surface area contributed by atoms with Gasteiger partial charge in [0, 0.05) is 0 Å². The van der Waals surface area contributed by atoms with E-state index in [9.17, 15) is 4.39 Å². The Balaban J connectivity index is 2.38. The van der Waals surface area contributed by atoms with Gasteiger partial charge in [-0.05, 0) is 24.3 Å². The van der Waals surface area contributed by atoms with Gasteiger partial charge in [0.15, 0.2) is 0 Å². The second-order valence-electron chi connectivity index (χ2n) is 3.80. The molecule has 0 saturated heterocycles. The molecule has 0 unspecified atom stereocenters. The Labute approximate surface area is 82.6 Å². The first kappa shape index (κ1) is 9.09. The van der Waals surface area contributed by atoms with Gasteiger partial charge < -0.3 is 0 Å². The third kappa shape index (κ3) is 1.46. The average molecular weight is 191 g/mol. The minimum atomic E-state index is -0.217. The lowest BCUT2D eigenvalue weighted by Gasteiger charge is -2.21. The summed E-state index contributed by atoms with van der Waals surface area (Å²) >= 11 is 0. The molecule has 0 radical (unpaired) electrons. The zero-order valence-corrected chi connectivity index (χ0v) is 8.24. The molecule has 1 aliphatic rings. The van der Waals surface area contributed by atoms with E-state index in [1.54, 1.807) is 18.3 Å². The molecule has 0 N–H and O–H groups in total. The summed E-state index contributed by atoms with van der Waals surface area (Å²) in [4.78, 5) is 4.27. The van der Waals surface area contributed by atoms with Crippen LogP contribution in [0.5, 0.6) is 0 Å². The van der Waals surface area contributed by atoms with E-state index in [1.165, 1.54) is 12.1 Å². The Morgan fingerprint density at radius 3 is 2.29 bits per heavy atom. The third-order valence-corrected chi connectivity index (χ3v) is 2.28. The molecule has 0 saturated carbocycles. The first-order valence-corrected chi connectivity index (χ1v) is 4.45. The van der Waals surface area contributed by atoms with E-state index in [0.29, 0.717) is 4.48 Å². The number of aliphatic imine (C=N–C) groups is 1. The van der Waals surface area contributed by atoms with Crippen LogP contribution >= 0.6 is 0 Å². The number of nitrogens with zero attached hydrogens (tertiary/aromatic N) is 2. The Bertz CT molecular complexity index is 402. The highest BCUT2D eigenvalue weighted by Gasteiger charge is 2.26. The van der Waals surface area contributed by atoms with Crippen LogP contribution in [-0.2, 0) is 0 Å². The van der Waals surface area contributed by atoms with Crippen molar-refractivity contribution in [1.82, 2.24) is 0 Å². The summed E-state index contributed by atoms with van der Waals surface area (Å²) in [6.45, 7) is 0. The maximum Gasteiger partial charge on any atom is 0.239 e. The summed E-state index contributed by atoms with van der Waals surface area (Å²) in [6.07, 6.45) is 3.76. The minimum absolute atomic E-state index is 0.217. The fourth-order valence-electron chi connectivity index (χ4n) is 1.50. The SMILES string of the molecule is C[N+]1(C)C=CN=C1c1ccc(F)cc1. The van der Waals surface area contributed by atoms with Crippen LogP contribution in [0.15, 0.2) is 41.7 Å². The molecule has 14 heavy (non-hydrogen) atoms. The Kier molecular flexibility index (Phi) is 1.97. The lowest BCUT2D eigenvalue weighted by molar-refractivity contribution is -0.738. The summed E-state index contributed by atoms with van der Waals surface area (Å²) in [5.41, 5.74) is 0.960. The molecule has 72 valence electrons. The van der Waals surface area contributed by atoms with Crippen molar-refractivity contribution in [2.75, 3.05) is 14.1 Å². The third-order valence-electron chi connectivity index (χ3n) is 2.28.